The van der Waals surface area contributed by atoms with Gasteiger partial charge in [-0.1, -0.05) is 59.8 Å². The van der Waals surface area contributed by atoms with Crippen molar-refractivity contribution < 1.29 is 4.52 Å². The number of hydrogen-bond donors (Lipinski definition) is 2. The number of hydrogen-bond acceptors (Lipinski definition) is 3. The number of rotatable bonds is 3. The van der Waals surface area contributed by atoms with Gasteiger partial charge in [0, 0.05) is 22.8 Å². The summed E-state index contributed by atoms with van der Waals surface area (Å²) < 4.78 is 5.37. The van der Waals surface area contributed by atoms with Crippen molar-refractivity contribution in [2.24, 2.45) is 5.73 Å². The Morgan fingerprint density at radius 3 is 2.30 bits per heavy atom. The fraction of sp³-hybridized carbons (Fsp3) is 0. The van der Waals surface area contributed by atoms with E-state index in [0.717, 1.165) is 22.6 Å². The minimum absolute atomic E-state index is 0.0571. The first-order valence-corrected chi connectivity index (χ1v) is 6.21. The van der Waals surface area contributed by atoms with Crippen LogP contribution in [0, 0.1) is 5.41 Å². The highest BCUT2D eigenvalue weighted by Gasteiger charge is 2.08. The van der Waals surface area contributed by atoms with Crippen LogP contribution in [0.5, 0.6) is 0 Å². The molecule has 1 heterocycles. The fourth-order valence-electron chi connectivity index (χ4n) is 1.97. The number of benzene rings is 2. The molecule has 0 aliphatic carbocycles. The summed E-state index contributed by atoms with van der Waals surface area (Å²) in [7, 11) is 0. The summed E-state index contributed by atoms with van der Waals surface area (Å²) in [6.45, 7) is 0. The van der Waals surface area contributed by atoms with E-state index >= 15 is 0 Å². The molecule has 20 heavy (non-hydrogen) atoms. The lowest BCUT2D eigenvalue weighted by Crippen LogP contribution is -2.10. The van der Waals surface area contributed by atoms with Crippen molar-refractivity contribution in [3.8, 4) is 22.6 Å². The maximum atomic E-state index is 7.37. The Bertz CT molecular complexity index is 730. The summed E-state index contributed by atoms with van der Waals surface area (Å²) in [5, 5.41) is 11.4. The molecule has 3 aromatic rings. The average molecular weight is 263 g/mol. The molecule has 0 saturated carbocycles. The van der Waals surface area contributed by atoms with Crippen molar-refractivity contribution in [2.75, 3.05) is 0 Å². The van der Waals surface area contributed by atoms with E-state index < -0.39 is 0 Å². The third-order valence-corrected chi connectivity index (χ3v) is 3.06. The molecular formula is C16H13N3O. The Balaban J connectivity index is 1.92. The quantitative estimate of drug-likeness (QED) is 0.562. The van der Waals surface area contributed by atoms with Gasteiger partial charge in [0.1, 0.15) is 11.5 Å². The molecular weight excluding hydrogens is 250 g/mol. The summed E-state index contributed by atoms with van der Waals surface area (Å²) >= 11 is 0. The SMILES string of the molecule is N=C(N)c1ccc(-c2cc(-c3ccccc3)on2)cc1. The summed E-state index contributed by atoms with van der Waals surface area (Å²) in [6.07, 6.45) is 0. The van der Waals surface area contributed by atoms with Gasteiger partial charge in [0.2, 0.25) is 0 Å². The highest BCUT2D eigenvalue weighted by Crippen LogP contribution is 2.25. The van der Waals surface area contributed by atoms with Crippen LogP contribution < -0.4 is 5.73 Å². The maximum Gasteiger partial charge on any atom is 0.167 e. The molecule has 0 spiro atoms. The second-order valence-corrected chi connectivity index (χ2v) is 4.43. The Morgan fingerprint density at radius 2 is 1.65 bits per heavy atom. The van der Waals surface area contributed by atoms with Crippen LogP contribution in [-0.2, 0) is 0 Å². The van der Waals surface area contributed by atoms with Crippen molar-refractivity contribution in [1.29, 1.82) is 5.41 Å². The Hall–Kier alpha value is -2.88. The van der Waals surface area contributed by atoms with E-state index in [1.807, 2.05) is 48.5 Å². The zero-order chi connectivity index (χ0) is 13.9. The molecule has 2 aromatic carbocycles. The van der Waals surface area contributed by atoms with Crippen molar-refractivity contribution in [3.05, 3.63) is 66.2 Å². The van der Waals surface area contributed by atoms with E-state index in [2.05, 4.69) is 5.16 Å². The number of amidine groups is 1. The largest absolute Gasteiger partial charge is 0.384 e. The molecule has 0 saturated heterocycles. The number of nitrogens with one attached hydrogen (secondary N) is 1. The van der Waals surface area contributed by atoms with E-state index in [9.17, 15) is 0 Å². The van der Waals surface area contributed by atoms with Crippen LogP contribution in [-0.4, -0.2) is 11.0 Å². The third-order valence-electron chi connectivity index (χ3n) is 3.06. The summed E-state index contributed by atoms with van der Waals surface area (Å²) in [6, 6.07) is 19.1. The molecule has 0 aliphatic rings. The number of nitrogen functional groups attached to an aromatic ring is 1. The van der Waals surface area contributed by atoms with E-state index in [1.165, 1.54) is 0 Å². The standard InChI is InChI=1S/C16H13N3O/c17-16(18)13-8-6-11(7-9-13)14-10-15(20-19-14)12-4-2-1-3-5-12/h1-10H,(H3,17,18). The lowest BCUT2D eigenvalue weighted by Gasteiger charge is -1.99. The topological polar surface area (TPSA) is 75.9 Å². The fourth-order valence-corrected chi connectivity index (χ4v) is 1.97. The van der Waals surface area contributed by atoms with Gasteiger partial charge in [0.05, 0.1) is 0 Å². The van der Waals surface area contributed by atoms with Crippen molar-refractivity contribution in [3.63, 3.8) is 0 Å². The summed E-state index contributed by atoms with van der Waals surface area (Å²) in [5.74, 6) is 0.790. The zero-order valence-electron chi connectivity index (χ0n) is 10.7. The molecule has 0 atom stereocenters. The summed E-state index contributed by atoms with van der Waals surface area (Å²) in [4.78, 5) is 0. The molecule has 0 amide bonds. The Labute approximate surface area is 116 Å². The molecule has 4 nitrogen and oxygen atoms in total. The second-order valence-electron chi connectivity index (χ2n) is 4.43. The van der Waals surface area contributed by atoms with Crippen molar-refractivity contribution >= 4 is 5.84 Å². The number of nitrogens with zero attached hydrogens (tertiary/aromatic N) is 1. The van der Waals surface area contributed by atoms with Crippen LogP contribution in [0.3, 0.4) is 0 Å². The molecule has 0 aliphatic heterocycles. The van der Waals surface area contributed by atoms with Gasteiger partial charge < -0.3 is 10.3 Å². The molecule has 0 fully saturated rings. The molecule has 4 heteroatoms. The smallest absolute Gasteiger partial charge is 0.167 e. The minimum atomic E-state index is 0.0571. The van der Waals surface area contributed by atoms with Gasteiger partial charge in [0.15, 0.2) is 5.76 Å². The first kappa shape index (κ1) is 12.2. The highest BCUT2D eigenvalue weighted by atomic mass is 16.5. The maximum absolute atomic E-state index is 7.37. The molecule has 98 valence electrons. The van der Waals surface area contributed by atoms with Gasteiger partial charge in [-0.05, 0) is 0 Å². The van der Waals surface area contributed by atoms with Crippen LogP contribution in [0.1, 0.15) is 5.56 Å². The highest BCUT2D eigenvalue weighted by molar-refractivity contribution is 5.95. The summed E-state index contributed by atoms with van der Waals surface area (Å²) in [5.41, 5.74) is 8.81. The van der Waals surface area contributed by atoms with Gasteiger partial charge in [-0.2, -0.15) is 0 Å². The predicted molar refractivity (Wildman–Crippen MR) is 78.4 cm³/mol. The van der Waals surface area contributed by atoms with Gasteiger partial charge in [0.25, 0.3) is 0 Å². The Kier molecular flexibility index (Phi) is 3.05. The van der Waals surface area contributed by atoms with Gasteiger partial charge in [-0.25, -0.2) is 0 Å². The molecule has 3 N–H and O–H groups in total. The van der Waals surface area contributed by atoms with Crippen LogP contribution in [0.25, 0.3) is 22.6 Å². The lowest BCUT2D eigenvalue weighted by molar-refractivity contribution is 0.435. The first-order chi connectivity index (χ1) is 9.74. The van der Waals surface area contributed by atoms with Crippen LogP contribution in [0.2, 0.25) is 0 Å². The molecule has 0 unspecified atom stereocenters. The number of aromatic nitrogens is 1. The Morgan fingerprint density at radius 1 is 0.950 bits per heavy atom. The number of nitrogens with two attached hydrogens (primary N) is 1. The predicted octanol–water partition coefficient (Wildman–Crippen LogP) is 3.29. The van der Waals surface area contributed by atoms with Gasteiger partial charge in [-0.3, -0.25) is 5.41 Å². The van der Waals surface area contributed by atoms with E-state index in [1.54, 1.807) is 12.1 Å². The monoisotopic (exact) mass is 263 g/mol. The first-order valence-electron chi connectivity index (χ1n) is 6.21. The van der Waals surface area contributed by atoms with Crippen molar-refractivity contribution in [1.82, 2.24) is 5.16 Å². The van der Waals surface area contributed by atoms with Crippen LogP contribution in [0.4, 0.5) is 0 Å². The van der Waals surface area contributed by atoms with Gasteiger partial charge in [-0.15, -0.1) is 0 Å². The molecule has 3 rings (SSSR count). The van der Waals surface area contributed by atoms with E-state index in [0.29, 0.717) is 5.56 Å². The van der Waals surface area contributed by atoms with Gasteiger partial charge >= 0.3 is 0 Å². The van der Waals surface area contributed by atoms with Crippen molar-refractivity contribution in [2.45, 2.75) is 0 Å². The van der Waals surface area contributed by atoms with Crippen LogP contribution >= 0.6 is 0 Å². The molecule has 1 aromatic heterocycles. The average Bonchev–Trinajstić information content (AvgIpc) is 2.98. The van der Waals surface area contributed by atoms with Crippen LogP contribution in [0.15, 0.2) is 65.2 Å². The second kappa shape index (κ2) is 5.01. The third kappa shape index (κ3) is 2.31. The molecule has 0 radical (unpaired) electrons. The zero-order valence-corrected chi connectivity index (χ0v) is 10.7. The minimum Gasteiger partial charge on any atom is -0.384 e. The lowest BCUT2D eigenvalue weighted by atomic mass is 10.1. The van der Waals surface area contributed by atoms with E-state index in [4.69, 9.17) is 15.7 Å². The van der Waals surface area contributed by atoms with E-state index in [-0.39, 0.29) is 5.84 Å². The normalized spacial score (nSPS) is 10.4. The molecule has 0 bridgehead atoms.